The van der Waals surface area contributed by atoms with Gasteiger partial charge in [-0.3, -0.25) is 0 Å². The van der Waals surface area contributed by atoms with Gasteiger partial charge in [0.2, 0.25) is 0 Å². The van der Waals surface area contributed by atoms with Crippen LogP contribution in [0.4, 0.5) is 5.69 Å². The van der Waals surface area contributed by atoms with E-state index in [1.807, 2.05) is 30.9 Å². The van der Waals surface area contributed by atoms with Crippen molar-refractivity contribution < 1.29 is 8.42 Å². The first kappa shape index (κ1) is 12.9. The van der Waals surface area contributed by atoms with Crippen LogP contribution in [-0.4, -0.2) is 37.1 Å². The quantitative estimate of drug-likeness (QED) is 0.788. The van der Waals surface area contributed by atoms with Gasteiger partial charge in [-0.25, -0.2) is 8.42 Å². The van der Waals surface area contributed by atoms with Gasteiger partial charge in [0.05, 0.1) is 23.6 Å². The Hall–Kier alpha value is -1.14. The Balaban J connectivity index is 2.02. The van der Waals surface area contributed by atoms with Crippen LogP contribution in [0.15, 0.2) is 18.2 Å². The Morgan fingerprint density at radius 2 is 2.05 bits per heavy atom. The topological polar surface area (TPSA) is 49.4 Å². The number of hydrogen-bond donors (Lipinski definition) is 1. The van der Waals surface area contributed by atoms with Crippen molar-refractivity contribution in [3.8, 4) is 0 Å². The number of nitrogens with zero attached hydrogens (tertiary/aromatic N) is 1. The molecule has 0 aromatic heterocycles. The summed E-state index contributed by atoms with van der Waals surface area (Å²) in [5.41, 5.74) is 3.32. The summed E-state index contributed by atoms with van der Waals surface area (Å²) in [5.74, 6) is 0.358. The highest BCUT2D eigenvalue weighted by atomic mass is 32.2. The van der Waals surface area contributed by atoms with Crippen LogP contribution >= 0.6 is 12.2 Å². The predicted molar refractivity (Wildman–Crippen MR) is 80.4 cm³/mol. The van der Waals surface area contributed by atoms with E-state index in [1.54, 1.807) is 0 Å². The van der Waals surface area contributed by atoms with Gasteiger partial charge in [0, 0.05) is 5.69 Å². The number of sulfone groups is 1. The second kappa shape index (κ2) is 4.18. The van der Waals surface area contributed by atoms with Crippen LogP contribution in [0.2, 0.25) is 0 Å². The van der Waals surface area contributed by atoms with E-state index in [0.29, 0.717) is 5.11 Å². The van der Waals surface area contributed by atoms with Crippen molar-refractivity contribution in [3.05, 3.63) is 29.3 Å². The first-order valence-corrected chi connectivity index (χ1v) is 8.48. The van der Waals surface area contributed by atoms with Gasteiger partial charge < -0.3 is 10.2 Å². The molecule has 3 rings (SSSR count). The van der Waals surface area contributed by atoms with Crippen LogP contribution in [0.5, 0.6) is 0 Å². The van der Waals surface area contributed by atoms with Crippen molar-refractivity contribution in [2.24, 2.45) is 0 Å². The summed E-state index contributed by atoms with van der Waals surface area (Å²) in [7, 11) is -2.95. The Labute approximate surface area is 118 Å². The molecule has 0 spiro atoms. The molecular formula is C13H16N2O2S2. The maximum atomic E-state index is 11.8. The smallest absolute Gasteiger partial charge is 0.174 e. The molecule has 2 atom stereocenters. The first-order valence-electron chi connectivity index (χ1n) is 6.25. The molecule has 0 amide bonds. The molecule has 1 aromatic carbocycles. The van der Waals surface area contributed by atoms with E-state index in [9.17, 15) is 8.42 Å². The molecule has 2 fully saturated rings. The number of aryl methyl sites for hydroxylation is 2. The molecule has 0 bridgehead atoms. The molecule has 2 heterocycles. The lowest BCUT2D eigenvalue weighted by molar-refractivity contribution is 0.600. The maximum absolute atomic E-state index is 11.8. The number of thiocarbonyl (C=S) groups is 1. The molecule has 2 aliphatic rings. The zero-order chi connectivity index (χ0) is 13.8. The minimum atomic E-state index is -2.95. The second-order valence-corrected chi connectivity index (χ2v) is 7.90. The van der Waals surface area contributed by atoms with Gasteiger partial charge in [-0.05, 0) is 37.7 Å². The fourth-order valence-corrected chi connectivity index (χ4v) is 5.24. The molecule has 6 heteroatoms. The molecule has 4 nitrogen and oxygen atoms in total. The molecule has 0 saturated carbocycles. The predicted octanol–water partition coefficient (Wildman–Crippen LogP) is 1.16. The van der Waals surface area contributed by atoms with Crippen LogP contribution in [0.1, 0.15) is 11.1 Å². The van der Waals surface area contributed by atoms with Crippen LogP contribution in [0.3, 0.4) is 0 Å². The molecule has 1 aromatic rings. The summed E-state index contributed by atoms with van der Waals surface area (Å²) in [6, 6.07) is 6.00. The third kappa shape index (κ3) is 2.12. The number of anilines is 1. The lowest BCUT2D eigenvalue weighted by atomic mass is 10.1. The highest BCUT2D eigenvalue weighted by Crippen LogP contribution is 2.31. The minimum absolute atomic E-state index is 0.0705. The summed E-state index contributed by atoms with van der Waals surface area (Å²) < 4.78 is 23.5. The van der Waals surface area contributed by atoms with E-state index in [4.69, 9.17) is 12.2 Å². The number of fused-ring (bicyclic) bond motifs is 1. The molecule has 2 aliphatic heterocycles. The van der Waals surface area contributed by atoms with Gasteiger partial charge in [0.25, 0.3) is 0 Å². The van der Waals surface area contributed by atoms with Crippen molar-refractivity contribution in [3.63, 3.8) is 0 Å². The van der Waals surface area contributed by atoms with Gasteiger partial charge in [-0.2, -0.15) is 0 Å². The van der Waals surface area contributed by atoms with Crippen molar-refractivity contribution in [2.45, 2.75) is 25.9 Å². The normalized spacial score (nSPS) is 28.3. The SMILES string of the molecule is Cc1ccc(N2C(=S)N[C@H]3CS(=O)(=O)C[C@H]32)c(C)c1. The zero-order valence-electron chi connectivity index (χ0n) is 10.9. The third-order valence-electron chi connectivity index (χ3n) is 3.79. The zero-order valence-corrected chi connectivity index (χ0v) is 12.5. The fourth-order valence-electron chi connectivity index (χ4n) is 2.96. The van der Waals surface area contributed by atoms with Crippen molar-refractivity contribution in [2.75, 3.05) is 16.4 Å². The minimum Gasteiger partial charge on any atom is -0.356 e. The molecule has 1 N–H and O–H groups in total. The maximum Gasteiger partial charge on any atom is 0.174 e. The first-order chi connectivity index (χ1) is 8.87. The van der Waals surface area contributed by atoms with Crippen LogP contribution in [0.25, 0.3) is 0 Å². The van der Waals surface area contributed by atoms with Gasteiger partial charge in [-0.1, -0.05) is 17.7 Å². The summed E-state index contributed by atoms with van der Waals surface area (Å²) in [4.78, 5) is 1.97. The summed E-state index contributed by atoms with van der Waals surface area (Å²) in [6.07, 6.45) is 0. The standard InChI is InChI=1S/C13H16N2O2S2/c1-8-3-4-11(9(2)5-8)15-12-7-19(16,17)6-10(12)14-13(15)18/h3-5,10,12H,6-7H2,1-2H3,(H,14,18)/t10-,12+/m0/s1. The van der Waals surface area contributed by atoms with E-state index in [-0.39, 0.29) is 23.6 Å². The van der Waals surface area contributed by atoms with Crippen molar-refractivity contribution >= 4 is 32.9 Å². The lowest BCUT2D eigenvalue weighted by Gasteiger charge is -2.25. The molecule has 19 heavy (non-hydrogen) atoms. The van der Waals surface area contributed by atoms with Crippen LogP contribution in [-0.2, 0) is 9.84 Å². The third-order valence-corrected chi connectivity index (χ3v) is 5.82. The Morgan fingerprint density at radius 3 is 2.74 bits per heavy atom. The lowest BCUT2D eigenvalue weighted by Crippen LogP contribution is -2.37. The van der Waals surface area contributed by atoms with Crippen molar-refractivity contribution in [1.82, 2.24) is 5.32 Å². The molecule has 0 unspecified atom stereocenters. The molecule has 0 radical (unpaired) electrons. The van der Waals surface area contributed by atoms with E-state index < -0.39 is 9.84 Å². The van der Waals surface area contributed by atoms with Gasteiger partial charge in [0.1, 0.15) is 0 Å². The second-order valence-electron chi connectivity index (χ2n) is 5.36. The van der Waals surface area contributed by atoms with Crippen LogP contribution in [0, 0.1) is 13.8 Å². The van der Waals surface area contributed by atoms with E-state index in [2.05, 4.69) is 11.4 Å². The van der Waals surface area contributed by atoms with Gasteiger partial charge in [-0.15, -0.1) is 0 Å². The highest BCUT2D eigenvalue weighted by molar-refractivity contribution is 7.91. The van der Waals surface area contributed by atoms with Crippen LogP contribution < -0.4 is 10.2 Å². The molecular weight excluding hydrogens is 280 g/mol. The summed E-state index contributed by atoms with van der Waals surface area (Å²) in [6.45, 7) is 4.07. The average molecular weight is 296 g/mol. The Morgan fingerprint density at radius 1 is 1.32 bits per heavy atom. The molecule has 102 valence electrons. The van der Waals surface area contributed by atoms with E-state index in [1.165, 1.54) is 5.56 Å². The number of benzene rings is 1. The monoisotopic (exact) mass is 296 g/mol. The summed E-state index contributed by atoms with van der Waals surface area (Å²) >= 11 is 5.36. The largest absolute Gasteiger partial charge is 0.356 e. The molecule has 2 saturated heterocycles. The van der Waals surface area contributed by atoms with Gasteiger partial charge in [0.15, 0.2) is 14.9 Å². The number of rotatable bonds is 1. The molecule has 0 aliphatic carbocycles. The Kier molecular flexibility index (Phi) is 2.83. The summed E-state index contributed by atoms with van der Waals surface area (Å²) in [5, 5.41) is 3.78. The highest BCUT2D eigenvalue weighted by Gasteiger charge is 2.47. The average Bonchev–Trinajstić information content (AvgIpc) is 2.70. The van der Waals surface area contributed by atoms with Gasteiger partial charge >= 0.3 is 0 Å². The van der Waals surface area contributed by atoms with Crippen molar-refractivity contribution in [1.29, 1.82) is 0 Å². The number of hydrogen-bond acceptors (Lipinski definition) is 3. The Bertz CT molecular complexity index is 655. The fraction of sp³-hybridized carbons (Fsp3) is 0.462. The van der Waals surface area contributed by atoms with E-state index in [0.717, 1.165) is 11.3 Å². The van der Waals surface area contributed by atoms with E-state index >= 15 is 0 Å². The number of nitrogens with one attached hydrogen (secondary N) is 1.